The SMILES string of the molecule is COc1ccc2c(c1)OC(=Cc1cccnc1)C2=O. The molecule has 0 amide bonds. The van der Waals surface area contributed by atoms with Gasteiger partial charge in [0.05, 0.1) is 12.7 Å². The molecular formula is C15H11NO3. The molecule has 1 aromatic heterocycles. The van der Waals surface area contributed by atoms with E-state index in [-0.39, 0.29) is 5.78 Å². The van der Waals surface area contributed by atoms with E-state index in [1.54, 1.807) is 43.8 Å². The zero-order valence-corrected chi connectivity index (χ0v) is 10.3. The number of ether oxygens (including phenoxy) is 2. The van der Waals surface area contributed by atoms with Crippen LogP contribution in [0.4, 0.5) is 0 Å². The number of carbonyl (C=O) groups excluding carboxylic acids is 1. The van der Waals surface area contributed by atoms with Crippen molar-refractivity contribution in [3.05, 3.63) is 59.6 Å². The summed E-state index contributed by atoms with van der Waals surface area (Å²) >= 11 is 0. The van der Waals surface area contributed by atoms with E-state index in [2.05, 4.69) is 4.98 Å². The van der Waals surface area contributed by atoms with Crippen LogP contribution in [0.15, 0.2) is 48.5 Å². The number of nitrogens with zero attached hydrogens (tertiary/aromatic N) is 1. The van der Waals surface area contributed by atoms with Gasteiger partial charge in [0.25, 0.3) is 0 Å². The van der Waals surface area contributed by atoms with E-state index in [4.69, 9.17) is 9.47 Å². The minimum absolute atomic E-state index is 0.124. The Kier molecular flexibility index (Phi) is 2.76. The second kappa shape index (κ2) is 4.57. The minimum atomic E-state index is -0.124. The molecule has 0 N–H and O–H groups in total. The van der Waals surface area contributed by atoms with Gasteiger partial charge in [0, 0.05) is 18.5 Å². The number of hydrogen-bond donors (Lipinski definition) is 0. The number of methoxy groups -OCH3 is 1. The van der Waals surface area contributed by atoms with Crippen molar-refractivity contribution in [1.29, 1.82) is 0 Å². The normalized spacial score (nSPS) is 15.2. The highest BCUT2D eigenvalue weighted by molar-refractivity contribution is 6.14. The molecule has 2 aromatic rings. The zero-order valence-electron chi connectivity index (χ0n) is 10.3. The van der Waals surface area contributed by atoms with Crippen LogP contribution in [0.2, 0.25) is 0 Å². The van der Waals surface area contributed by atoms with Crippen molar-refractivity contribution in [2.45, 2.75) is 0 Å². The van der Waals surface area contributed by atoms with E-state index in [1.807, 2.05) is 12.1 Å². The molecule has 2 heterocycles. The Bertz CT molecular complexity index is 662. The molecule has 0 radical (unpaired) electrons. The van der Waals surface area contributed by atoms with Gasteiger partial charge in [-0.1, -0.05) is 6.07 Å². The molecule has 1 aliphatic rings. The van der Waals surface area contributed by atoms with E-state index in [0.717, 1.165) is 5.56 Å². The molecule has 3 rings (SSSR count). The van der Waals surface area contributed by atoms with Crippen LogP contribution >= 0.6 is 0 Å². The number of pyridine rings is 1. The minimum Gasteiger partial charge on any atom is -0.497 e. The van der Waals surface area contributed by atoms with Gasteiger partial charge in [-0.3, -0.25) is 9.78 Å². The number of ketones is 1. The number of allylic oxidation sites excluding steroid dienone is 1. The van der Waals surface area contributed by atoms with Crippen LogP contribution in [-0.4, -0.2) is 17.9 Å². The smallest absolute Gasteiger partial charge is 0.231 e. The lowest BCUT2D eigenvalue weighted by molar-refractivity contribution is 0.101. The predicted octanol–water partition coefficient (Wildman–Crippen LogP) is 2.71. The Hall–Kier alpha value is -2.62. The Morgan fingerprint density at radius 1 is 1.32 bits per heavy atom. The highest BCUT2D eigenvalue weighted by atomic mass is 16.5. The number of benzene rings is 1. The van der Waals surface area contributed by atoms with Gasteiger partial charge in [0.1, 0.15) is 11.5 Å². The summed E-state index contributed by atoms with van der Waals surface area (Å²) in [4.78, 5) is 16.1. The maximum absolute atomic E-state index is 12.1. The van der Waals surface area contributed by atoms with Crippen LogP contribution in [0.25, 0.3) is 6.08 Å². The van der Waals surface area contributed by atoms with Crippen LogP contribution < -0.4 is 9.47 Å². The third kappa shape index (κ3) is 2.08. The van der Waals surface area contributed by atoms with E-state index in [1.165, 1.54) is 0 Å². The van der Waals surface area contributed by atoms with E-state index in [0.29, 0.717) is 22.8 Å². The highest BCUT2D eigenvalue weighted by Gasteiger charge is 2.27. The molecule has 4 heteroatoms. The quantitative estimate of drug-likeness (QED) is 0.772. The van der Waals surface area contributed by atoms with Gasteiger partial charge in [-0.2, -0.15) is 0 Å². The molecule has 1 aliphatic heterocycles. The molecule has 0 spiro atoms. The van der Waals surface area contributed by atoms with Crippen molar-refractivity contribution in [2.75, 3.05) is 7.11 Å². The number of aromatic nitrogens is 1. The van der Waals surface area contributed by atoms with Gasteiger partial charge >= 0.3 is 0 Å². The van der Waals surface area contributed by atoms with Gasteiger partial charge in [-0.25, -0.2) is 0 Å². The van der Waals surface area contributed by atoms with E-state index >= 15 is 0 Å². The fraction of sp³-hybridized carbons (Fsp3) is 0.0667. The average Bonchev–Trinajstić information content (AvgIpc) is 2.76. The Balaban J connectivity index is 1.97. The van der Waals surface area contributed by atoms with Crippen molar-refractivity contribution in [3.8, 4) is 11.5 Å². The number of hydrogen-bond acceptors (Lipinski definition) is 4. The van der Waals surface area contributed by atoms with Gasteiger partial charge in [-0.05, 0) is 29.8 Å². The lowest BCUT2D eigenvalue weighted by atomic mass is 10.1. The maximum atomic E-state index is 12.1. The summed E-state index contributed by atoms with van der Waals surface area (Å²) in [5.41, 5.74) is 1.38. The second-order valence-corrected chi connectivity index (χ2v) is 4.09. The molecule has 0 fully saturated rings. The first-order chi connectivity index (χ1) is 9.28. The number of Topliss-reactive ketones (excluding diaryl/α,β-unsaturated/α-hetero) is 1. The topological polar surface area (TPSA) is 48.4 Å². The predicted molar refractivity (Wildman–Crippen MR) is 70.2 cm³/mol. The van der Waals surface area contributed by atoms with Gasteiger partial charge in [0.15, 0.2) is 5.76 Å². The molecule has 1 aromatic carbocycles. The van der Waals surface area contributed by atoms with Crippen molar-refractivity contribution in [3.63, 3.8) is 0 Å². The van der Waals surface area contributed by atoms with Crippen molar-refractivity contribution in [1.82, 2.24) is 4.98 Å². The van der Waals surface area contributed by atoms with Crippen LogP contribution in [0.3, 0.4) is 0 Å². The van der Waals surface area contributed by atoms with Gasteiger partial charge in [-0.15, -0.1) is 0 Å². The first-order valence-corrected chi connectivity index (χ1v) is 5.80. The molecule has 0 aliphatic carbocycles. The Labute approximate surface area is 110 Å². The first kappa shape index (κ1) is 11.5. The summed E-state index contributed by atoms with van der Waals surface area (Å²) in [5, 5.41) is 0. The van der Waals surface area contributed by atoms with Crippen molar-refractivity contribution >= 4 is 11.9 Å². The number of carbonyl (C=O) groups is 1. The third-order valence-corrected chi connectivity index (χ3v) is 2.86. The first-order valence-electron chi connectivity index (χ1n) is 5.80. The summed E-state index contributed by atoms with van der Waals surface area (Å²) in [6.07, 6.45) is 5.04. The standard InChI is InChI=1S/C15H11NO3/c1-18-11-4-5-12-13(8-11)19-14(15(12)17)7-10-3-2-6-16-9-10/h2-9H,1H3. The summed E-state index contributed by atoms with van der Waals surface area (Å²) in [7, 11) is 1.57. The summed E-state index contributed by atoms with van der Waals surface area (Å²) in [6, 6.07) is 8.83. The molecule has 4 nitrogen and oxygen atoms in total. The van der Waals surface area contributed by atoms with E-state index in [9.17, 15) is 4.79 Å². The molecular weight excluding hydrogens is 242 g/mol. The molecule has 0 unspecified atom stereocenters. The van der Waals surface area contributed by atoms with Gasteiger partial charge < -0.3 is 9.47 Å². The third-order valence-electron chi connectivity index (χ3n) is 2.86. The molecule has 94 valence electrons. The highest BCUT2D eigenvalue weighted by Crippen LogP contribution is 2.34. The molecule has 0 saturated heterocycles. The second-order valence-electron chi connectivity index (χ2n) is 4.09. The monoisotopic (exact) mass is 253 g/mol. The van der Waals surface area contributed by atoms with Gasteiger partial charge in [0.2, 0.25) is 5.78 Å². The van der Waals surface area contributed by atoms with Crippen molar-refractivity contribution < 1.29 is 14.3 Å². The van der Waals surface area contributed by atoms with E-state index < -0.39 is 0 Å². The largest absolute Gasteiger partial charge is 0.497 e. The van der Waals surface area contributed by atoms with Crippen molar-refractivity contribution in [2.24, 2.45) is 0 Å². The summed E-state index contributed by atoms with van der Waals surface area (Å²) < 4.78 is 10.7. The number of rotatable bonds is 2. The van der Waals surface area contributed by atoms with Crippen LogP contribution in [-0.2, 0) is 0 Å². The van der Waals surface area contributed by atoms with Crippen LogP contribution in [0, 0.1) is 0 Å². The molecule has 0 saturated carbocycles. The fourth-order valence-corrected chi connectivity index (χ4v) is 1.91. The van der Waals surface area contributed by atoms with Crippen LogP contribution in [0.5, 0.6) is 11.5 Å². The maximum Gasteiger partial charge on any atom is 0.231 e. The summed E-state index contributed by atoms with van der Waals surface area (Å²) in [5.74, 6) is 1.37. The Morgan fingerprint density at radius 3 is 2.95 bits per heavy atom. The Morgan fingerprint density at radius 2 is 2.21 bits per heavy atom. The zero-order chi connectivity index (χ0) is 13.2. The lowest BCUT2D eigenvalue weighted by Gasteiger charge is -2.01. The summed E-state index contributed by atoms with van der Waals surface area (Å²) in [6.45, 7) is 0. The molecule has 0 bridgehead atoms. The fourth-order valence-electron chi connectivity index (χ4n) is 1.91. The van der Waals surface area contributed by atoms with Crippen LogP contribution in [0.1, 0.15) is 15.9 Å². The molecule has 0 atom stereocenters. The lowest BCUT2D eigenvalue weighted by Crippen LogP contribution is -1.98. The average molecular weight is 253 g/mol. The molecule has 19 heavy (non-hydrogen) atoms. The number of fused-ring (bicyclic) bond motifs is 1.